The largest absolute Gasteiger partial charge is 0.327 e. The van der Waals surface area contributed by atoms with Crippen molar-refractivity contribution < 1.29 is 0 Å². The van der Waals surface area contributed by atoms with Crippen LogP contribution >= 0.6 is 11.8 Å². The summed E-state index contributed by atoms with van der Waals surface area (Å²) in [7, 11) is 4.27. The van der Waals surface area contributed by atoms with Crippen LogP contribution in [0, 0.1) is 0 Å². The maximum Gasteiger partial charge on any atom is 0.0205 e. The molecule has 1 aliphatic rings. The zero-order valence-corrected chi connectivity index (χ0v) is 12.9. The van der Waals surface area contributed by atoms with Crippen LogP contribution in [0.3, 0.4) is 0 Å². The standard InChI is InChI=1S/C16H26N2S/c1-18(2)10-11-19-16-12-14(8-9-15(16)17)13-6-4-3-5-7-13/h3-7,14-16H,8-12,17H2,1-2H3. The van der Waals surface area contributed by atoms with Crippen LogP contribution in [0.2, 0.25) is 0 Å². The van der Waals surface area contributed by atoms with Gasteiger partial charge in [-0.2, -0.15) is 11.8 Å². The molecule has 1 aromatic carbocycles. The molecule has 3 unspecified atom stereocenters. The molecule has 0 radical (unpaired) electrons. The predicted octanol–water partition coefficient (Wildman–Crippen LogP) is 2.94. The third-order valence-electron chi connectivity index (χ3n) is 3.98. The van der Waals surface area contributed by atoms with Crippen LogP contribution in [0.4, 0.5) is 0 Å². The second-order valence-corrected chi connectivity index (χ2v) is 7.14. The van der Waals surface area contributed by atoms with Gasteiger partial charge in [0, 0.05) is 23.6 Å². The number of hydrogen-bond acceptors (Lipinski definition) is 3. The summed E-state index contributed by atoms with van der Waals surface area (Å²) in [6.45, 7) is 1.14. The summed E-state index contributed by atoms with van der Waals surface area (Å²) in [5.74, 6) is 1.89. The smallest absolute Gasteiger partial charge is 0.0205 e. The van der Waals surface area contributed by atoms with Crippen molar-refractivity contribution in [1.82, 2.24) is 4.90 Å². The molecular formula is C16H26N2S. The summed E-state index contributed by atoms with van der Waals surface area (Å²) >= 11 is 2.07. The summed E-state index contributed by atoms with van der Waals surface area (Å²) in [4.78, 5) is 2.25. The van der Waals surface area contributed by atoms with Crippen LogP contribution in [0.5, 0.6) is 0 Å². The second-order valence-electron chi connectivity index (χ2n) is 5.80. The van der Waals surface area contributed by atoms with Crippen molar-refractivity contribution in [3.8, 4) is 0 Å². The van der Waals surface area contributed by atoms with Gasteiger partial charge in [0.1, 0.15) is 0 Å². The lowest BCUT2D eigenvalue weighted by Gasteiger charge is -2.34. The van der Waals surface area contributed by atoms with Gasteiger partial charge in [-0.3, -0.25) is 0 Å². The molecule has 19 heavy (non-hydrogen) atoms. The minimum Gasteiger partial charge on any atom is -0.327 e. The Morgan fingerprint density at radius 2 is 1.95 bits per heavy atom. The fourth-order valence-electron chi connectivity index (χ4n) is 2.76. The fourth-order valence-corrected chi connectivity index (χ4v) is 4.28. The van der Waals surface area contributed by atoms with Gasteiger partial charge in [-0.25, -0.2) is 0 Å². The van der Waals surface area contributed by atoms with Gasteiger partial charge in [0.25, 0.3) is 0 Å². The number of rotatable bonds is 5. The first-order valence-electron chi connectivity index (χ1n) is 7.23. The minimum absolute atomic E-state index is 0.382. The Balaban J connectivity index is 1.89. The molecule has 1 aliphatic carbocycles. The van der Waals surface area contributed by atoms with E-state index in [2.05, 4.69) is 61.1 Å². The second kappa shape index (κ2) is 7.32. The Hall–Kier alpha value is -0.510. The van der Waals surface area contributed by atoms with Crippen molar-refractivity contribution in [3.63, 3.8) is 0 Å². The molecule has 0 saturated heterocycles. The van der Waals surface area contributed by atoms with E-state index in [1.165, 1.54) is 30.6 Å². The monoisotopic (exact) mass is 278 g/mol. The fraction of sp³-hybridized carbons (Fsp3) is 0.625. The van der Waals surface area contributed by atoms with Crippen molar-refractivity contribution in [3.05, 3.63) is 35.9 Å². The highest BCUT2D eigenvalue weighted by atomic mass is 32.2. The zero-order valence-electron chi connectivity index (χ0n) is 12.1. The van der Waals surface area contributed by atoms with E-state index >= 15 is 0 Å². The Labute approximate surface area is 121 Å². The molecule has 106 valence electrons. The molecule has 0 bridgehead atoms. The van der Waals surface area contributed by atoms with E-state index in [4.69, 9.17) is 5.73 Å². The highest BCUT2D eigenvalue weighted by molar-refractivity contribution is 8.00. The summed E-state index contributed by atoms with van der Waals surface area (Å²) in [6.07, 6.45) is 3.65. The van der Waals surface area contributed by atoms with Crippen LogP contribution < -0.4 is 5.73 Å². The summed E-state index contributed by atoms with van der Waals surface area (Å²) < 4.78 is 0. The first-order valence-corrected chi connectivity index (χ1v) is 8.28. The van der Waals surface area contributed by atoms with Gasteiger partial charge in [0.15, 0.2) is 0 Å². The van der Waals surface area contributed by atoms with Gasteiger partial charge < -0.3 is 10.6 Å². The maximum absolute atomic E-state index is 6.30. The average molecular weight is 278 g/mol. The van der Waals surface area contributed by atoms with Crippen molar-refractivity contribution >= 4 is 11.8 Å². The molecule has 0 heterocycles. The van der Waals surface area contributed by atoms with Gasteiger partial charge in [-0.1, -0.05) is 30.3 Å². The summed E-state index contributed by atoms with van der Waals surface area (Å²) in [5, 5.41) is 0.624. The average Bonchev–Trinajstić information content (AvgIpc) is 2.41. The van der Waals surface area contributed by atoms with Gasteiger partial charge in [0.05, 0.1) is 0 Å². The zero-order chi connectivity index (χ0) is 13.7. The molecule has 0 aromatic heterocycles. The highest BCUT2D eigenvalue weighted by Crippen LogP contribution is 2.37. The van der Waals surface area contributed by atoms with Crippen LogP contribution in [0.1, 0.15) is 30.7 Å². The normalized spacial score (nSPS) is 27.7. The summed E-state index contributed by atoms with van der Waals surface area (Å²) in [5.41, 5.74) is 7.79. The number of thioether (sulfide) groups is 1. The highest BCUT2D eigenvalue weighted by Gasteiger charge is 2.29. The third kappa shape index (κ3) is 4.51. The first kappa shape index (κ1) is 14.9. The van der Waals surface area contributed by atoms with Crippen LogP contribution in [-0.2, 0) is 0 Å². The molecule has 0 amide bonds. The topological polar surface area (TPSA) is 29.3 Å². The third-order valence-corrected chi connectivity index (χ3v) is 5.37. The quantitative estimate of drug-likeness (QED) is 0.898. The molecule has 3 atom stereocenters. The molecule has 2 nitrogen and oxygen atoms in total. The number of hydrogen-bond donors (Lipinski definition) is 1. The van der Waals surface area contributed by atoms with Gasteiger partial charge in [0.2, 0.25) is 0 Å². The lowest BCUT2D eigenvalue weighted by molar-refractivity contribution is 0.404. The van der Waals surface area contributed by atoms with E-state index < -0.39 is 0 Å². The Kier molecular flexibility index (Phi) is 5.74. The van der Waals surface area contributed by atoms with E-state index in [0.717, 1.165) is 6.54 Å². The van der Waals surface area contributed by atoms with E-state index in [1.807, 2.05) is 0 Å². The van der Waals surface area contributed by atoms with E-state index in [9.17, 15) is 0 Å². The first-order chi connectivity index (χ1) is 9.16. The van der Waals surface area contributed by atoms with Crippen LogP contribution in [0.15, 0.2) is 30.3 Å². The number of benzene rings is 1. The van der Waals surface area contributed by atoms with Crippen molar-refractivity contribution in [2.45, 2.75) is 36.5 Å². The van der Waals surface area contributed by atoms with Gasteiger partial charge in [-0.15, -0.1) is 0 Å². The lowest BCUT2D eigenvalue weighted by Crippen LogP contribution is -2.38. The van der Waals surface area contributed by atoms with E-state index in [0.29, 0.717) is 17.2 Å². The van der Waals surface area contributed by atoms with Crippen LogP contribution in [-0.4, -0.2) is 42.6 Å². The Bertz CT molecular complexity index is 366. The van der Waals surface area contributed by atoms with E-state index in [1.54, 1.807) is 0 Å². The Morgan fingerprint density at radius 1 is 1.21 bits per heavy atom. The van der Waals surface area contributed by atoms with Crippen molar-refractivity contribution in [2.24, 2.45) is 5.73 Å². The number of nitrogens with zero attached hydrogens (tertiary/aromatic N) is 1. The SMILES string of the molecule is CN(C)CCSC1CC(c2ccccc2)CCC1N. The van der Waals surface area contributed by atoms with Crippen molar-refractivity contribution in [2.75, 3.05) is 26.4 Å². The number of nitrogens with two attached hydrogens (primary N) is 1. The van der Waals surface area contributed by atoms with Gasteiger partial charge >= 0.3 is 0 Å². The molecule has 3 heteroatoms. The molecule has 2 N–H and O–H groups in total. The molecular weight excluding hydrogens is 252 g/mol. The maximum atomic E-state index is 6.30. The molecule has 1 aromatic rings. The predicted molar refractivity (Wildman–Crippen MR) is 85.8 cm³/mol. The lowest BCUT2D eigenvalue weighted by atomic mass is 9.82. The molecule has 1 saturated carbocycles. The molecule has 0 aliphatic heterocycles. The van der Waals surface area contributed by atoms with E-state index in [-0.39, 0.29) is 0 Å². The molecule has 1 fully saturated rings. The van der Waals surface area contributed by atoms with Crippen molar-refractivity contribution in [1.29, 1.82) is 0 Å². The Morgan fingerprint density at radius 3 is 2.63 bits per heavy atom. The molecule has 2 rings (SSSR count). The minimum atomic E-state index is 0.382. The van der Waals surface area contributed by atoms with Gasteiger partial charge in [-0.05, 0) is 44.8 Å². The van der Waals surface area contributed by atoms with Crippen LogP contribution in [0.25, 0.3) is 0 Å². The summed E-state index contributed by atoms with van der Waals surface area (Å²) in [6, 6.07) is 11.3. The molecule has 0 spiro atoms.